The highest BCUT2D eigenvalue weighted by atomic mass is 35.5. The second-order valence-electron chi connectivity index (χ2n) is 6.79. The van der Waals surface area contributed by atoms with Crippen LogP contribution in [0.25, 0.3) is 5.57 Å². The summed E-state index contributed by atoms with van der Waals surface area (Å²) in [5, 5.41) is 19.7. The lowest BCUT2D eigenvalue weighted by Gasteiger charge is -2.31. The van der Waals surface area contributed by atoms with Crippen molar-refractivity contribution in [2.75, 3.05) is 13.1 Å². The normalized spacial score (nSPS) is 17.2. The number of aliphatic carboxylic acids is 1. The van der Waals surface area contributed by atoms with Gasteiger partial charge in [0.05, 0.1) is 5.92 Å². The number of nitrogens with zero attached hydrogens (tertiary/aromatic N) is 1. The first-order valence-electron chi connectivity index (χ1n) is 8.44. The van der Waals surface area contributed by atoms with Crippen molar-refractivity contribution in [3.8, 4) is 0 Å². The Morgan fingerprint density at radius 1 is 1.24 bits per heavy atom. The van der Waals surface area contributed by atoms with Gasteiger partial charge < -0.3 is 15.1 Å². The first kappa shape index (κ1) is 19.5. The first-order chi connectivity index (χ1) is 11.8. The van der Waals surface area contributed by atoms with Crippen LogP contribution in [0.2, 0.25) is 5.02 Å². The minimum absolute atomic E-state index is 0.118. The molecule has 1 amide bonds. The van der Waals surface area contributed by atoms with Crippen LogP contribution < -0.4 is 0 Å². The molecule has 1 aromatic carbocycles. The average Bonchev–Trinajstić information content (AvgIpc) is 2.59. The maximum Gasteiger partial charge on any atom is 0.333 e. The van der Waals surface area contributed by atoms with Crippen LogP contribution in [-0.2, 0) is 9.59 Å². The first-order valence-corrected chi connectivity index (χ1v) is 8.82. The Balaban J connectivity index is 2.09. The van der Waals surface area contributed by atoms with Gasteiger partial charge in [-0.3, -0.25) is 4.79 Å². The summed E-state index contributed by atoms with van der Waals surface area (Å²) in [5.41, 5.74) is 2.21. The Morgan fingerprint density at radius 3 is 2.36 bits per heavy atom. The number of aliphatic hydroxyl groups is 1. The average molecular weight is 366 g/mol. The Labute approximate surface area is 152 Å². The molecule has 2 atom stereocenters. The minimum atomic E-state index is -1.67. The van der Waals surface area contributed by atoms with E-state index < -0.39 is 18.0 Å². The molecule has 6 heteroatoms. The molecule has 0 saturated carbocycles. The second-order valence-corrected chi connectivity index (χ2v) is 7.23. The fourth-order valence-electron chi connectivity index (χ4n) is 3.07. The van der Waals surface area contributed by atoms with Gasteiger partial charge in [0, 0.05) is 18.1 Å². The SMILES string of the molecule is CC(C)C[C@H](C(=O)N1CC=C(c2ccc(Cl)cc2)CC1)[C@H](O)C(=O)O. The van der Waals surface area contributed by atoms with Crippen molar-refractivity contribution in [1.82, 2.24) is 4.90 Å². The third kappa shape index (κ3) is 5.06. The van der Waals surface area contributed by atoms with Crippen molar-refractivity contribution in [3.63, 3.8) is 0 Å². The van der Waals surface area contributed by atoms with Gasteiger partial charge in [0.2, 0.25) is 5.91 Å². The number of amides is 1. The molecule has 5 nitrogen and oxygen atoms in total. The topological polar surface area (TPSA) is 77.8 Å². The molecule has 0 fully saturated rings. The number of hydrogen-bond acceptors (Lipinski definition) is 3. The predicted molar refractivity (Wildman–Crippen MR) is 97.2 cm³/mol. The van der Waals surface area contributed by atoms with Gasteiger partial charge in [-0.15, -0.1) is 0 Å². The molecule has 1 aromatic rings. The van der Waals surface area contributed by atoms with Gasteiger partial charge >= 0.3 is 5.97 Å². The number of carbonyl (C=O) groups excluding carboxylic acids is 1. The maximum atomic E-state index is 12.7. The summed E-state index contributed by atoms with van der Waals surface area (Å²) < 4.78 is 0. The lowest BCUT2D eigenvalue weighted by molar-refractivity contribution is -0.157. The molecule has 0 aromatic heterocycles. The smallest absolute Gasteiger partial charge is 0.333 e. The van der Waals surface area contributed by atoms with E-state index in [1.165, 1.54) is 0 Å². The van der Waals surface area contributed by atoms with Gasteiger partial charge in [0.15, 0.2) is 6.10 Å². The third-order valence-corrected chi connectivity index (χ3v) is 4.66. The van der Waals surface area contributed by atoms with Gasteiger partial charge in [-0.2, -0.15) is 0 Å². The van der Waals surface area contributed by atoms with E-state index in [1.807, 2.05) is 44.2 Å². The fraction of sp³-hybridized carbons (Fsp3) is 0.474. The third-order valence-electron chi connectivity index (χ3n) is 4.41. The largest absolute Gasteiger partial charge is 0.479 e. The molecule has 25 heavy (non-hydrogen) atoms. The van der Waals surface area contributed by atoms with Crippen molar-refractivity contribution in [2.45, 2.75) is 32.8 Å². The molecule has 0 aliphatic carbocycles. The van der Waals surface area contributed by atoms with Crippen molar-refractivity contribution in [2.24, 2.45) is 11.8 Å². The standard InChI is InChI=1S/C19H24ClNO4/c1-12(2)11-16(17(22)19(24)25)18(23)21-9-7-14(8-10-21)13-3-5-15(20)6-4-13/h3-7,12,16-17,22H,8-11H2,1-2H3,(H,24,25)/t16-,17-/m0/s1. The van der Waals surface area contributed by atoms with Gasteiger partial charge in [0.25, 0.3) is 0 Å². The van der Waals surface area contributed by atoms with Crippen LogP contribution in [0, 0.1) is 11.8 Å². The van der Waals surface area contributed by atoms with Crippen LogP contribution in [0.1, 0.15) is 32.3 Å². The number of aliphatic hydroxyl groups excluding tert-OH is 1. The number of rotatable bonds is 6. The molecule has 0 bridgehead atoms. The van der Waals surface area contributed by atoms with E-state index >= 15 is 0 Å². The summed E-state index contributed by atoms with van der Waals surface area (Å²) in [7, 11) is 0. The highest BCUT2D eigenvalue weighted by Crippen LogP contribution is 2.26. The quantitative estimate of drug-likeness (QED) is 0.812. The van der Waals surface area contributed by atoms with Crippen LogP contribution in [0.15, 0.2) is 30.3 Å². The molecule has 2 N–H and O–H groups in total. The Kier molecular flexibility index (Phi) is 6.62. The summed E-state index contributed by atoms with van der Waals surface area (Å²) in [6.07, 6.45) is 1.34. The molecule has 2 rings (SSSR count). The van der Waals surface area contributed by atoms with Crippen molar-refractivity contribution < 1.29 is 19.8 Å². The summed E-state index contributed by atoms with van der Waals surface area (Å²) in [5.74, 6) is -2.45. The van der Waals surface area contributed by atoms with Crippen LogP contribution >= 0.6 is 11.6 Å². The van der Waals surface area contributed by atoms with Gasteiger partial charge in [-0.25, -0.2) is 4.79 Å². The molecule has 1 aliphatic heterocycles. The molecule has 1 heterocycles. The minimum Gasteiger partial charge on any atom is -0.479 e. The van der Waals surface area contributed by atoms with Gasteiger partial charge in [-0.1, -0.05) is 43.7 Å². The predicted octanol–water partition coefficient (Wildman–Crippen LogP) is 3.06. The summed E-state index contributed by atoms with van der Waals surface area (Å²) in [6, 6.07) is 7.55. The lowest BCUT2D eigenvalue weighted by Crippen LogP contribution is -2.45. The highest BCUT2D eigenvalue weighted by molar-refractivity contribution is 6.30. The molecular formula is C19H24ClNO4. The van der Waals surface area contributed by atoms with E-state index in [1.54, 1.807) is 4.90 Å². The molecule has 136 valence electrons. The number of hydrogen-bond donors (Lipinski definition) is 2. The fourth-order valence-corrected chi connectivity index (χ4v) is 3.20. The number of carboxylic acids is 1. The lowest BCUT2D eigenvalue weighted by atomic mass is 9.90. The maximum absolute atomic E-state index is 12.7. The number of carbonyl (C=O) groups is 2. The summed E-state index contributed by atoms with van der Waals surface area (Å²) in [4.78, 5) is 25.5. The summed E-state index contributed by atoms with van der Waals surface area (Å²) in [6.45, 7) is 4.74. The molecule has 0 radical (unpaired) electrons. The molecular weight excluding hydrogens is 342 g/mol. The van der Waals surface area contributed by atoms with E-state index in [-0.39, 0.29) is 11.8 Å². The Hall–Kier alpha value is -1.85. The van der Waals surface area contributed by atoms with Crippen molar-refractivity contribution >= 4 is 29.1 Å². The number of carboxylic acid groups (broad SMARTS) is 1. The van der Waals surface area contributed by atoms with Crippen LogP contribution in [0.4, 0.5) is 0 Å². The van der Waals surface area contributed by atoms with Crippen LogP contribution in [0.3, 0.4) is 0 Å². The zero-order chi connectivity index (χ0) is 18.6. The molecule has 0 saturated heterocycles. The van der Waals surface area contributed by atoms with Crippen LogP contribution in [-0.4, -0.2) is 46.2 Å². The zero-order valence-corrected chi connectivity index (χ0v) is 15.2. The second kappa shape index (κ2) is 8.50. The Bertz CT molecular complexity index is 654. The van der Waals surface area contributed by atoms with Crippen LogP contribution in [0.5, 0.6) is 0 Å². The van der Waals surface area contributed by atoms with E-state index in [0.29, 0.717) is 31.0 Å². The molecule has 1 aliphatic rings. The molecule has 0 spiro atoms. The van der Waals surface area contributed by atoms with Crippen molar-refractivity contribution in [3.05, 3.63) is 40.9 Å². The van der Waals surface area contributed by atoms with E-state index in [0.717, 1.165) is 11.1 Å². The monoisotopic (exact) mass is 365 g/mol. The van der Waals surface area contributed by atoms with Crippen molar-refractivity contribution in [1.29, 1.82) is 0 Å². The van der Waals surface area contributed by atoms with Gasteiger partial charge in [0.1, 0.15) is 0 Å². The number of benzene rings is 1. The summed E-state index contributed by atoms with van der Waals surface area (Å²) >= 11 is 5.90. The number of halogens is 1. The van der Waals surface area contributed by atoms with E-state index in [9.17, 15) is 14.7 Å². The van der Waals surface area contributed by atoms with Gasteiger partial charge in [-0.05, 0) is 42.0 Å². The van der Waals surface area contributed by atoms with E-state index in [2.05, 4.69) is 0 Å². The molecule has 0 unspecified atom stereocenters. The highest BCUT2D eigenvalue weighted by Gasteiger charge is 2.35. The Morgan fingerprint density at radius 2 is 1.88 bits per heavy atom. The van der Waals surface area contributed by atoms with E-state index in [4.69, 9.17) is 16.7 Å². The zero-order valence-electron chi connectivity index (χ0n) is 14.5.